The van der Waals surface area contributed by atoms with Crippen molar-refractivity contribution in [3.8, 4) is 0 Å². The van der Waals surface area contributed by atoms with Crippen LogP contribution in [0.25, 0.3) is 0 Å². The van der Waals surface area contributed by atoms with Gasteiger partial charge in [-0.2, -0.15) is 0 Å². The van der Waals surface area contributed by atoms with Crippen LogP contribution in [0.4, 0.5) is 4.39 Å². The van der Waals surface area contributed by atoms with Crippen LogP contribution in [0.15, 0.2) is 24.3 Å². The Kier molecular flexibility index (Phi) is 3.97. The van der Waals surface area contributed by atoms with E-state index in [1.165, 1.54) is 12.1 Å². The van der Waals surface area contributed by atoms with E-state index < -0.39 is 5.97 Å². The van der Waals surface area contributed by atoms with E-state index in [0.29, 0.717) is 6.04 Å². The lowest BCUT2D eigenvalue weighted by atomic mass is 10.0. The van der Waals surface area contributed by atoms with Gasteiger partial charge in [-0.25, -0.2) is 4.39 Å². The number of aliphatic carboxylic acids is 1. The quantitative estimate of drug-likeness (QED) is 0.845. The van der Waals surface area contributed by atoms with E-state index >= 15 is 0 Å². The highest BCUT2D eigenvalue weighted by Gasteiger charge is 2.35. The topological polar surface area (TPSA) is 40.5 Å². The van der Waals surface area contributed by atoms with Gasteiger partial charge in [0.25, 0.3) is 0 Å². The molecule has 0 saturated heterocycles. The molecule has 1 fully saturated rings. The average Bonchev–Trinajstić information content (AvgIpc) is 3.12. The maximum atomic E-state index is 13.3. The van der Waals surface area contributed by atoms with E-state index in [1.54, 1.807) is 6.07 Å². The Morgan fingerprint density at radius 3 is 2.78 bits per heavy atom. The Bertz CT molecular complexity index is 432. The number of carboxylic acid groups (broad SMARTS) is 1. The van der Waals surface area contributed by atoms with E-state index in [9.17, 15) is 9.18 Å². The van der Waals surface area contributed by atoms with Gasteiger partial charge >= 0.3 is 5.97 Å². The maximum Gasteiger partial charge on any atom is 0.317 e. The lowest BCUT2D eigenvalue weighted by Gasteiger charge is -2.30. The molecule has 1 aliphatic carbocycles. The molecule has 18 heavy (non-hydrogen) atoms. The predicted molar refractivity (Wildman–Crippen MR) is 66.8 cm³/mol. The summed E-state index contributed by atoms with van der Waals surface area (Å²) in [6.07, 6.45) is 2.87. The summed E-state index contributed by atoms with van der Waals surface area (Å²) < 4.78 is 13.3. The Morgan fingerprint density at radius 1 is 1.56 bits per heavy atom. The van der Waals surface area contributed by atoms with Crippen molar-refractivity contribution < 1.29 is 14.3 Å². The van der Waals surface area contributed by atoms with E-state index in [4.69, 9.17) is 5.11 Å². The predicted octanol–water partition coefficient (Wildman–Crippen LogP) is 2.83. The Hall–Kier alpha value is -1.42. The van der Waals surface area contributed by atoms with Gasteiger partial charge in [0.15, 0.2) is 0 Å². The van der Waals surface area contributed by atoms with E-state index in [2.05, 4.69) is 0 Å². The Balaban J connectivity index is 2.21. The van der Waals surface area contributed by atoms with Crippen LogP contribution in [-0.2, 0) is 4.79 Å². The molecule has 0 bridgehead atoms. The third-order valence-corrected chi connectivity index (χ3v) is 3.35. The molecule has 4 heteroatoms. The first kappa shape index (κ1) is 13.0. The molecule has 2 rings (SSSR count). The highest BCUT2D eigenvalue weighted by Crippen LogP contribution is 2.35. The molecular formula is C14H18FNO2. The van der Waals surface area contributed by atoms with Crippen LogP contribution in [0.1, 0.15) is 37.8 Å². The van der Waals surface area contributed by atoms with Crippen LogP contribution in [0.3, 0.4) is 0 Å². The van der Waals surface area contributed by atoms with Crippen molar-refractivity contribution in [3.05, 3.63) is 35.6 Å². The zero-order chi connectivity index (χ0) is 13.1. The van der Waals surface area contributed by atoms with Crippen LogP contribution in [0.2, 0.25) is 0 Å². The second-order valence-electron chi connectivity index (χ2n) is 4.78. The molecule has 0 spiro atoms. The SMILES string of the molecule is CCC(c1cccc(F)c1)N(CC(=O)O)C1CC1. The molecule has 1 aromatic rings. The molecule has 0 aromatic heterocycles. The highest BCUT2D eigenvalue weighted by molar-refractivity contribution is 5.69. The first-order valence-corrected chi connectivity index (χ1v) is 6.34. The second-order valence-corrected chi connectivity index (χ2v) is 4.78. The van der Waals surface area contributed by atoms with Crippen molar-refractivity contribution in [2.75, 3.05) is 6.54 Å². The van der Waals surface area contributed by atoms with Crippen molar-refractivity contribution in [1.82, 2.24) is 4.90 Å². The zero-order valence-electron chi connectivity index (χ0n) is 10.5. The van der Waals surface area contributed by atoms with Crippen molar-refractivity contribution in [3.63, 3.8) is 0 Å². The van der Waals surface area contributed by atoms with Gasteiger partial charge in [-0.1, -0.05) is 19.1 Å². The monoisotopic (exact) mass is 251 g/mol. The normalized spacial score (nSPS) is 16.8. The minimum Gasteiger partial charge on any atom is -0.480 e. The van der Waals surface area contributed by atoms with Gasteiger partial charge in [-0.15, -0.1) is 0 Å². The van der Waals surface area contributed by atoms with Crippen molar-refractivity contribution in [1.29, 1.82) is 0 Å². The largest absolute Gasteiger partial charge is 0.480 e. The third-order valence-electron chi connectivity index (χ3n) is 3.35. The number of hydrogen-bond donors (Lipinski definition) is 1. The summed E-state index contributed by atoms with van der Waals surface area (Å²) in [7, 11) is 0. The minimum atomic E-state index is -0.822. The Labute approximate surface area is 106 Å². The molecule has 1 atom stereocenters. The third kappa shape index (κ3) is 3.07. The van der Waals surface area contributed by atoms with Crippen LogP contribution >= 0.6 is 0 Å². The van der Waals surface area contributed by atoms with Crippen molar-refractivity contribution in [2.24, 2.45) is 0 Å². The van der Waals surface area contributed by atoms with E-state index in [0.717, 1.165) is 24.8 Å². The molecule has 1 aliphatic rings. The van der Waals surface area contributed by atoms with Crippen LogP contribution in [-0.4, -0.2) is 28.6 Å². The smallest absolute Gasteiger partial charge is 0.317 e. The van der Waals surface area contributed by atoms with Crippen molar-refractivity contribution >= 4 is 5.97 Å². The van der Waals surface area contributed by atoms with Crippen LogP contribution < -0.4 is 0 Å². The molecule has 1 saturated carbocycles. The van der Waals surface area contributed by atoms with Gasteiger partial charge in [-0.05, 0) is 37.0 Å². The molecule has 0 aliphatic heterocycles. The number of nitrogens with zero attached hydrogens (tertiary/aromatic N) is 1. The fraction of sp³-hybridized carbons (Fsp3) is 0.500. The molecular weight excluding hydrogens is 233 g/mol. The average molecular weight is 251 g/mol. The zero-order valence-corrected chi connectivity index (χ0v) is 10.5. The number of hydrogen-bond acceptors (Lipinski definition) is 2. The minimum absolute atomic E-state index is 0.00991. The summed E-state index contributed by atoms with van der Waals surface area (Å²) in [6.45, 7) is 2.03. The first-order chi connectivity index (χ1) is 8.61. The van der Waals surface area contributed by atoms with Gasteiger partial charge in [0.05, 0.1) is 6.54 Å². The molecule has 0 amide bonds. The Morgan fingerprint density at radius 2 is 2.28 bits per heavy atom. The molecule has 98 valence electrons. The molecule has 0 radical (unpaired) electrons. The fourth-order valence-electron chi connectivity index (χ4n) is 2.43. The number of rotatable bonds is 6. The summed E-state index contributed by atoms with van der Waals surface area (Å²) >= 11 is 0. The number of carboxylic acids is 1. The molecule has 1 N–H and O–H groups in total. The van der Waals surface area contributed by atoms with Gasteiger partial charge in [0.1, 0.15) is 5.82 Å². The second kappa shape index (κ2) is 5.48. The molecule has 1 unspecified atom stereocenters. The molecule has 1 aromatic carbocycles. The summed E-state index contributed by atoms with van der Waals surface area (Å²) in [5.41, 5.74) is 0.866. The maximum absolute atomic E-state index is 13.3. The summed E-state index contributed by atoms with van der Waals surface area (Å²) in [6, 6.07) is 6.80. The fourth-order valence-corrected chi connectivity index (χ4v) is 2.43. The van der Waals surface area contributed by atoms with Gasteiger partial charge in [0, 0.05) is 12.1 Å². The van der Waals surface area contributed by atoms with Crippen LogP contribution in [0, 0.1) is 5.82 Å². The summed E-state index contributed by atoms with van der Waals surface area (Å²) in [5.74, 6) is -1.09. The number of carbonyl (C=O) groups is 1. The lowest BCUT2D eigenvalue weighted by molar-refractivity contribution is -0.139. The van der Waals surface area contributed by atoms with Crippen LogP contribution in [0.5, 0.6) is 0 Å². The summed E-state index contributed by atoms with van der Waals surface area (Å²) in [4.78, 5) is 12.9. The van der Waals surface area contributed by atoms with E-state index in [1.807, 2.05) is 17.9 Å². The standard InChI is InChI=1S/C14H18FNO2/c1-2-13(10-4-3-5-11(15)8-10)16(9-14(17)18)12-6-7-12/h3-5,8,12-13H,2,6-7,9H2,1H3,(H,17,18). The van der Waals surface area contributed by atoms with Gasteiger partial charge < -0.3 is 5.11 Å². The van der Waals surface area contributed by atoms with Crippen molar-refractivity contribution in [2.45, 2.75) is 38.3 Å². The highest BCUT2D eigenvalue weighted by atomic mass is 19.1. The number of halogens is 1. The lowest BCUT2D eigenvalue weighted by Crippen LogP contribution is -2.35. The van der Waals surface area contributed by atoms with Gasteiger partial charge in [-0.3, -0.25) is 9.69 Å². The summed E-state index contributed by atoms with van der Waals surface area (Å²) in [5, 5.41) is 8.99. The molecule has 3 nitrogen and oxygen atoms in total. The van der Waals surface area contributed by atoms with E-state index in [-0.39, 0.29) is 18.4 Å². The first-order valence-electron chi connectivity index (χ1n) is 6.34. The molecule has 0 heterocycles. The number of benzene rings is 1. The van der Waals surface area contributed by atoms with Gasteiger partial charge in [0.2, 0.25) is 0 Å².